The van der Waals surface area contributed by atoms with Gasteiger partial charge in [-0.15, -0.1) is 0 Å². The molecule has 0 fully saturated rings. The topological polar surface area (TPSA) is 95.4 Å². The fourth-order valence-electron chi connectivity index (χ4n) is 4.56. The van der Waals surface area contributed by atoms with Crippen molar-refractivity contribution in [2.24, 2.45) is 0 Å². The first kappa shape index (κ1) is 26.9. The van der Waals surface area contributed by atoms with Crippen molar-refractivity contribution in [2.45, 2.75) is 58.0 Å². The summed E-state index contributed by atoms with van der Waals surface area (Å²) in [6, 6.07) is 13.2. The summed E-state index contributed by atoms with van der Waals surface area (Å²) in [7, 11) is -1.31. The molecule has 0 saturated heterocycles. The molecule has 0 radical (unpaired) electrons. The summed E-state index contributed by atoms with van der Waals surface area (Å²) >= 11 is 0. The highest BCUT2D eigenvalue weighted by molar-refractivity contribution is 7.84. The summed E-state index contributed by atoms with van der Waals surface area (Å²) in [6.07, 6.45) is 7.79. The molecule has 3 heterocycles. The van der Waals surface area contributed by atoms with E-state index in [2.05, 4.69) is 10.3 Å². The lowest BCUT2D eigenvalue weighted by atomic mass is 9.95. The maximum Gasteiger partial charge on any atom is 0.270 e. The lowest BCUT2D eigenvalue weighted by Crippen LogP contribution is -2.36. The van der Waals surface area contributed by atoms with Gasteiger partial charge in [0.2, 0.25) is 0 Å². The van der Waals surface area contributed by atoms with E-state index in [1.165, 1.54) is 0 Å². The number of pyridine rings is 2. The molecule has 8 heteroatoms. The molecule has 1 aromatic carbocycles. The number of allylic oxidation sites excluding steroid dienone is 1. The maximum atomic E-state index is 13.5. The van der Waals surface area contributed by atoms with Crippen LogP contribution in [0.15, 0.2) is 60.9 Å². The molecule has 0 unspecified atom stereocenters. The molecular formula is C29H34N4O3S. The van der Waals surface area contributed by atoms with E-state index in [-0.39, 0.29) is 18.6 Å². The van der Waals surface area contributed by atoms with Crippen LogP contribution in [0.3, 0.4) is 0 Å². The summed E-state index contributed by atoms with van der Waals surface area (Å²) in [5.74, 6) is -0.278. The normalized spacial score (nSPS) is 16.6. The van der Waals surface area contributed by atoms with Crippen molar-refractivity contribution in [3.63, 3.8) is 0 Å². The van der Waals surface area contributed by atoms with Gasteiger partial charge < -0.3 is 10.4 Å². The summed E-state index contributed by atoms with van der Waals surface area (Å²) in [6.45, 7) is 8.53. The average Bonchev–Trinajstić information content (AvgIpc) is 3.25. The van der Waals surface area contributed by atoms with Crippen molar-refractivity contribution in [1.29, 1.82) is 0 Å². The van der Waals surface area contributed by atoms with Gasteiger partial charge >= 0.3 is 0 Å². The number of amides is 1. The first-order valence-corrected chi connectivity index (χ1v) is 13.6. The van der Waals surface area contributed by atoms with Crippen LogP contribution in [0.4, 0.5) is 0 Å². The van der Waals surface area contributed by atoms with E-state index < -0.39 is 15.7 Å². The first-order valence-electron chi connectivity index (χ1n) is 12.5. The standard InChI is InChI=1S/C29H34N4O3S/c1-5-7-20-8-6-9-22(16-20)27-26-23(19-33(25(26)12-15-34)37(36)29(2,3)4)17-24(32-27)28(35)31-18-21-10-13-30-14-11-21/h5-11,13-14,16-17,25,34H,12,15,18-19H2,1-4H3,(H,31,35)/b7-5+/t25-,37-/m1/s1. The van der Waals surface area contributed by atoms with Gasteiger partial charge in [-0.25, -0.2) is 13.5 Å². The summed E-state index contributed by atoms with van der Waals surface area (Å²) in [5.41, 5.74) is 5.67. The number of benzene rings is 1. The Balaban J connectivity index is 1.80. The van der Waals surface area contributed by atoms with Gasteiger partial charge in [0.05, 0.1) is 16.5 Å². The molecule has 2 N–H and O–H groups in total. The smallest absolute Gasteiger partial charge is 0.270 e. The van der Waals surface area contributed by atoms with E-state index in [1.54, 1.807) is 18.5 Å². The number of rotatable bonds is 8. The van der Waals surface area contributed by atoms with Crippen molar-refractivity contribution in [2.75, 3.05) is 6.61 Å². The van der Waals surface area contributed by atoms with Gasteiger partial charge in [0.25, 0.3) is 5.91 Å². The predicted molar refractivity (Wildman–Crippen MR) is 148 cm³/mol. The van der Waals surface area contributed by atoms with E-state index in [1.807, 2.05) is 80.6 Å². The van der Waals surface area contributed by atoms with Crippen molar-refractivity contribution >= 4 is 23.0 Å². The maximum absolute atomic E-state index is 13.5. The van der Waals surface area contributed by atoms with Crippen LogP contribution in [-0.4, -0.2) is 40.8 Å². The Bertz CT molecular complexity index is 1320. The Kier molecular flexibility index (Phi) is 8.32. The Morgan fingerprint density at radius 1 is 1.22 bits per heavy atom. The number of aliphatic hydroxyl groups is 1. The van der Waals surface area contributed by atoms with E-state index in [9.17, 15) is 14.1 Å². The van der Waals surface area contributed by atoms with Gasteiger partial charge in [-0.1, -0.05) is 30.4 Å². The zero-order valence-electron chi connectivity index (χ0n) is 21.8. The Morgan fingerprint density at radius 3 is 2.65 bits per heavy atom. The van der Waals surface area contributed by atoms with Crippen LogP contribution in [-0.2, 0) is 24.1 Å². The lowest BCUT2D eigenvalue weighted by Gasteiger charge is -2.30. The molecule has 0 saturated carbocycles. The number of hydrogen-bond donors (Lipinski definition) is 2. The van der Waals surface area contributed by atoms with Gasteiger partial charge in [-0.05, 0) is 75.1 Å². The zero-order chi connectivity index (χ0) is 26.6. The number of carbonyl (C=O) groups is 1. The molecule has 4 rings (SSSR count). The molecule has 1 aliphatic heterocycles. The third-order valence-electron chi connectivity index (χ3n) is 6.24. The molecule has 7 nitrogen and oxygen atoms in total. The quantitative estimate of drug-likeness (QED) is 0.446. The number of nitrogens with one attached hydrogen (secondary N) is 1. The zero-order valence-corrected chi connectivity index (χ0v) is 22.6. The lowest BCUT2D eigenvalue weighted by molar-refractivity contribution is 0.0946. The summed E-state index contributed by atoms with van der Waals surface area (Å²) < 4.78 is 15.0. The van der Waals surface area contributed by atoms with E-state index in [0.717, 1.165) is 27.8 Å². The summed E-state index contributed by atoms with van der Waals surface area (Å²) in [4.78, 5) is 22.1. The summed E-state index contributed by atoms with van der Waals surface area (Å²) in [5, 5.41) is 12.9. The molecule has 37 heavy (non-hydrogen) atoms. The molecule has 0 spiro atoms. The number of fused-ring (bicyclic) bond motifs is 1. The minimum atomic E-state index is -1.31. The first-order chi connectivity index (χ1) is 17.7. The molecule has 0 aliphatic carbocycles. The van der Waals surface area contributed by atoms with Gasteiger partial charge in [-0.3, -0.25) is 9.78 Å². The monoisotopic (exact) mass is 518 g/mol. The van der Waals surface area contributed by atoms with Crippen LogP contribution in [0, 0.1) is 0 Å². The second-order valence-corrected chi connectivity index (χ2v) is 12.2. The molecule has 3 aromatic rings. The van der Waals surface area contributed by atoms with Gasteiger partial charge in [0, 0.05) is 43.2 Å². The van der Waals surface area contributed by atoms with Crippen LogP contribution in [0.5, 0.6) is 0 Å². The van der Waals surface area contributed by atoms with Crippen LogP contribution in [0.1, 0.15) is 72.9 Å². The van der Waals surface area contributed by atoms with Crippen molar-refractivity contribution in [3.8, 4) is 11.3 Å². The molecular weight excluding hydrogens is 484 g/mol. The third-order valence-corrected chi connectivity index (χ3v) is 8.10. The Morgan fingerprint density at radius 2 is 1.97 bits per heavy atom. The van der Waals surface area contributed by atoms with Crippen molar-refractivity contribution < 1.29 is 14.1 Å². The minimum absolute atomic E-state index is 0.0474. The fraction of sp³-hybridized carbons (Fsp3) is 0.345. The highest BCUT2D eigenvalue weighted by Crippen LogP contribution is 2.44. The van der Waals surface area contributed by atoms with E-state index >= 15 is 0 Å². The fourth-order valence-corrected chi connectivity index (χ4v) is 5.96. The van der Waals surface area contributed by atoms with E-state index in [4.69, 9.17) is 4.98 Å². The van der Waals surface area contributed by atoms with Crippen LogP contribution in [0.2, 0.25) is 0 Å². The SMILES string of the molecule is C/C=C/c1cccc(-c2nc(C(=O)NCc3ccncc3)cc3c2[C@@H](CCO)N([S@](=O)C(C)(C)C)C3)c1. The van der Waals surface area contributed by atoms with E-state index in [0.29, 0.717) is 30.9 Å². The van der Waals surface area contributed by atoms with Gasteiger partial charge in [-0.2, -0.15) is 0 Å². The molecule has 2 aromatic heterocycles. The largest absolute Gasteiger partial charge is 0.396 e. The molecule has 1 amide bonds. The van der Waals surface area contributed by atoms with Crippen LogP contribution >= 0.6 is 0 Å². The second kappa shape index (κ2) is 11.5. The number of hydrogen-bond acceptors (Lipinski definition) is 5. The molecule has 2 atom stereocenters. The van der Waals surface area contributed by atoms with Crippen molar-refractivity contribution in [1.82, 2.24) is 19.6 Å². The van der Waals surface area contributed by atoms with Crippen LogP contribution < -0.4 is 5.32 Å². The Labute approximate surface area is 221 Å². The van der Waals surface area contributed by atoms with Crippen LogP contribution in [0.25, 0.3) is 17.3 Å². The highest BCUT2D eigenvalue weighted by Gasteiger charge is 2.40. The average molecular weight is 519 g/mol. The second-order valence-electron chi connectivity index (χ2n) is 10.1. The number of aliphatic hydroxyl groups excluding tert-OH is 1. The minimum Gasteiger partial charge on any atom is -0.396 e. The van der Waals surface area contributed by atoms with Crippen molar-refractivity contribution in [3.05, 3.63) is 88.9 Å². The van der Waals surface area contributed by atoms with Gasteiger partial charge in [0.1, 0.15) is 16.7 Å². The Hall–Kier alpha value is -3.20. The molecule has 0 bridgehead atoms. The molecule has 194 valence electrons. The number of nitrogens with zero attached hydrogens (tertiary/aromatic N) is 3. The predicted octanol–water partition coefficient (Wildman–Crippen LogP) is 4.81. The third kappa shape index (κ3) is 6.04. The molecule has 1 aliphatic rings. The number of aromatic nitrogens is 2. The van der Waals surface area contributed by atoms with Gasteiger partial charge in [0.15, 0.2) is 0 Å². The highest BCUT2D eigenvalue weighted by atomic mass is 32.2. The number of carbonyl (C=O) groups excluding carboxylic acids is 1.